The molecule has 1 atom stereocenters. The van der Waals surface area contributed by atoms with Crippen LogP contribution in [0.5, 0.6) is 0 Å². The Hall–Kier alpha value is -0.220. The van der Waals surface area contributed by atoms with Crippen LogP contribution in [0, 0.1) is 5.92 Å². The second-order valence-corrected chi connectivity index (χ2v) is 4.88. The van der Waals surface area contributed by atoms with Crippen LogP contribution < -0.4 is 5.32 Å². The monoisotopic (exact) mass is 217 g/mol. The number of methoxy groups -OCH3 is 1. The van der Waals surface area contributed by atoms with E-state index in [9.17, 15) is 4.79 Å². The van der Waals surface area contributed by atoms with Crippen molar-refractivity contribution in [2.24, 2.45) is 5.92 Å². The topological polar surface area (TPSA) is 38.3 Å². The van der Waals surface area contributed by atoms with E-state index in [-0.39, 0.29) is 12.0 Å². The number of esters is 1. The van der Waals surface area contributed by atoms with Gasteiger partial charge in [0.1, 0.15) is 6.04 Å². The fourth-order valence-electron chi connectivity index (χ4n) is 1.43. The second kappa shape index (κ2) is 6.30. The summed E-state index contributed by atoms with van der Waals surface area (Å²) in [5, 5.41) is 3.27. The van der Waals surface area contributed by atoms with Crippen molar-refractivity contribution in [2.75, 3.05) is 25.2 Å². The van der Waals surface area contributed by atoms with Gasteiger partial charge in [0.25, 0.3) is 0 Å². The molecule has 1 aliphatic carbocycles. The lowest BCUT2D eigenvalue weighted by Gasteiger charge is -2.15. The molecule has 82 valence electrons. The molecule has 0 saturated heterocycles. The predicted molar refractivity (Wildman–Crippen MR) is 59.5 cm³/mol. The SMILES string of the molecule is CCSCCN[C@H](C(=O)OC)C1CC1. The molecule has 1 aliphatic rings. The van der Waals surface area contributed by atoms with Gasteiger partial charge in [-0.15, -0.1) is 0 Å². The van der Waals surface area contributed by atoms with Crippen LogP contribution >= 0.6 is 11.8 Å². The average Bonchev–Trinajstić information content (AvgIpc) is 3.01. The minimum Gasteiger partial charge on any atom is -0.468 e. The highest BCUT2D eigenvalue weighted by Gasteiger charge is 2.36. The van der Waals surface area contributed by atoms with E-state index in [0.29, 0.717) is 5.92 Å². The van der Waals surface area contributed by atoms with Gasteiger partial charge in [0.15, 0.2) is 0 Å². The molecular formula is C10H19NO2S. The van der Waals surface area contributed by atoms with E-state index >= 15 is 0 Å². The molecule has 0 heterocycles. The number of carbonyl (C=O) groups excluding carboxylic acids is 1. The lowest BCUT2D eigenvalue weighted by molar-refractivity contribution is -0.143. The highest BCUT2D eigenvalue weighted by atomic mass is 32.2. The highest BCUT2D eigenvalue weighted by molar-refractivity contribution is 7.99. The standard InChI is InChI=1S/C10H19NO2S/c1-3-14-7-6-11-9(8-4-5-8)10(12)13-2/h8-9,11H,3-7H2,1-2H3/t9-/m0/s1. The van der Waals surface area contributed by atoms with Gasteiger partial charge in [-0.3, -0.25) is 4.79 Å². The van der Waals surface area contributed by atoms with Crippen LogP contribution in [-0.2, 0) is 9.53 Å². The maximum atomic E-state index is 11.4. The smallest absolute Gasteiger partial charge is 0.323 e. The van der Waals surface area contributed by atoms with Crippen molar-refractivity contribution in [3.8, 4) is 0 Å². The first-order chi connectivity index (χ1) is 6.79. The third-order valence-corrected chi connectivity index (χ3v) is 3.26. The van der Waals surface area contributed by atoms with E-state index in [2.05, 4.69) is 12.2 Å². The van der Waals surface area contributed by atoms with Crippen LogP contribution in [-0.4, -0.2) is 37.2 Å². The van der Waals surface area contributed by atoms with Crippen LogP contribution in [0.3, 0.4) is 0 Å². The Labute approximate surface area is 90.0 Å². The Bertz CT molecular complexity index is 183. The number of carbonyl (C=O) groups is 1. The largest absolute Gasteiger partial charge is 0.468 e. The van der Waals surface area contributed by atoms with Crippen molar-refractivity contribution >= 4 is 17.7 Å². The van der Waals surface area contributed by atoms with E-state index in [1.165, 1.54) is 7.11 Å². The van der Waals surface area contributed by atoms with Crippen LogP contribution in [0.4, 0.5) is 0 Å². The number of rotatable bonds is 7. The highest BCUT2D eigenvalue weighted by Crippen LogP contribution is 2.33. The summed E-state index contributed by atoms with van der Waals surface area (Å²) in [6.45, 7) is 3.04. The number of thioether (sulfide) groups is 1. The Balaban J connectivity index is 2.18. The fourth-order valence-corrected chi connectivity index (χ4v) is 1.98. The van der Waals surface area contributed by atoms with Gasteiger partial charge in [-0.2, -0.15) is 11.8 Å². The minimum absolute atomic E-state index is 0.0579. The van der Waals surface area contributed by atoms with Crippen molar-refractivity contribution in [1.82, 2.24) is 5.32 Å². The van der Waals surface area contributed by atoms with E-state index < -0.39 is 0 Å². The molecule has 0 spiro atoms. The van der Waals surface area contributed by atoms with Gasteiger partial charge < -0.3 is 10.1 Å². The van der Waals surface area contributed by atoms with Crippen LogP contribution in [0.25, 0.3) is 0 Å². The van der Waals surface area contributed by atoms with Crippen LogP contribution in [0.1, 0.15) is 19.8 Å². The molecule has 3 nitrogen and oxygen atoms in total. The van der Waals surface area contributed by atoms with Crippen molar-refractivity contribution in [1.29, 1.82) is 0 Å². The lowest BCUT2D eigenvalue weighted by Crippen LogP contribution is -2.40. The first-order valence-corrected chi connectivity index (χ1v) is 6.34. The number of hydrogen-bond acceptors (Lipinski definition) is 4. The van der Waals surface area contributed by atoms with Crippen molar-refractivity contribution < 1.29 is 9.53 Å². The fraction of sp³-hybridized carbons (Fsp3) is 0.900. The summed E-state index contributed by atoms with van der Waals surface area (Å²) in [5.74, 6) is 2.62. The number of ether oxygens (including phenoxy) is 1. The molecule has 0 aromatic carbocycles. The van der Waals surface area contributed by atoms with Gasteiger partial charge in [0.05, 0.1) is 7.11 Å². The molecule has 0 amide bonds. The molecule has 0 aromatic heterocycles. The Morgan fingerprint density at radius 2 is 2.36 bits per heavy atom. The minimum atomic E-state index is -0.103. The molecule has 1 saturated carbocycles. The zero-order chi connectivity index (χ0) is 10.4. The first kappa shape index (κ1) is 11.9. The third-order valence-electron chi connectivity index (χ3n) is 2.36. The molecule has 0 radical (unpaired) electrons. The average molecular weight is 217 g/mol. The summed E-state index contributed by atoms with van der Waals surface area (Å²) >= 11 is 1.89. The van der Waals surface area contributed by atoms with Gasteiger partial charge in [-0.25, -0.2) is 0 Å². The molecule has 0 unspecified atom stereocenters. The maximum absolute atomic E-state index is 11.4. The summed E-state index contributed by atoms with van der Waals surface area (Å²) in [5.41, 5.74) is 0. The van der Waals surface area contributed by atoms with Gasteiger partial charge in [-0.1, -0.05) is 6.92 Å². The third kappa shape index (κ3) is 3.88. The van der Waals surface area contributed by atoms with E-state index in [1.54, 1.807) is 0 Å². The molecule has 1 rings (SSSR count). The first-order valence-electron chi connectivity index (χ1n) is 5.18. The lowest BCUT2D eigenvalue weighted by atomic mass is 10.2. The quantitative estimate of drug-likeness (QED) is 0.515. The zero-order valence-electron chi connectivity index (χ0n) is 8.91. The van der Waals surface area contributed by atoms with Gasteiger partial charge in [-0.05, 0) is 24.5 Å². The number of hydrogen-bond donors (Lipinski definition) is 1. The summed E-state index contributed by atoms with van der Waals surface area (Å²) in [7, 11) is 1.46. The number of nitrogens with one attached hydrogen (secondary N) is 1. The molecular weight excluding hydrogens is 198 g/mol. The van der Waals surface area contributed by atoms with Gasteiger partial charge in [0, 0.05) is 12.3 Å². The van der Waals surface area contributed by atoms with Crippen molar-refractivity contribution in [3.63, 3.8) is 0 Å². The Morgan fingerprint density at radius 1 is 1.64 bits per heavy atom. The van der Waals surface area contributed by atoms with E-state index in [1.807, 2.05) is 11.8 Å². The van der Waals surface area contributed by atoms with E-state index in [4.69, 9.17) is 4.74 Å². The summed E-state index contributed by atoms with van der Waals surface area (Å²) in [6, 6.07) is -0.0579. The molecule has 0 aliphatic heterocycles. The zero-order valence-corrected chi connectivity index (χ0v) is 9.73. The van der Waals surface area contributed by atoms with Crippen LogP contribution in [0.2, 0.25) is 0 Å². The molecule has 1 N–H and O–H groups in total. The van der Waals surface area contributed by atoms with Gasteiger partial charge >= 0.3 is 5.97 Å². The molecule has 1 fully saturated rings. The molecule has 0 aromatic rings. The summed E-state index contributed by atoms with van der Waals surface area (Å²) in [4.78, 5) is 11.4. The summed E-state index contributed by atoms with van der Waals surface area (Å²) in [6.07, 6.45) is 2.32. The molecule has 0 bridgehead atoms. The van der Waals surface area contributed by atoms with Crippen LogP contribution in [0.15, 0.2) is 0 Å². The molecule has 4 heteroatoms. The summed E-state index contributed by atoms with van der Waals surface area (Å²) < 4.78 is 4.76. The van der Waals surface area contributed by atoms with Gasteiger partial charge in [0.2, 0.25) is 0 Å². The second-order valence-electron chi connectivity index (χ2n) is 3.49. The normalized spacial score (nSPS) is 17.9. The predicted octanol–water partition coefficient (Wildman–Crippen LogP) is 1.28. The van der Waals surface area contributed by atoms with Crippen molar-refractivity contribution in [2.45, 2.75) is 25.8 Å². The molecule has 14 heavy (non-hydrogen) atoms. The van der Waals surface area contributed by atoms with Crippen molar-refractivity contribution in [3.05, 3.63) is 0 Å². The van der Waals surface area contributed by atoms with E-state index in [0.717, 1.165) is 30.9 Å². The Kier molecular flexibility index (Phi) is 5.33. The Morgan fingerprint density at radius 3 is 2.86 bits per heavy atom. The maximum Gasteiger partial charge on any atom is 0.323 e.